The van der Waals surface area contributed by atoms with E-state index in [0.717, 1.165) is 0 Å². The second-order valence-corrected chi connectivity index (χ2v) is 2.63. The van der Waals surface area contributed by atoms with E-state index in [0.29, 0.717) is 6.29 Å². The number of carbonyl (C=O) groups excluding carboxylic acids is 1. The van der Waals surface area contributed by atoms with Crippen LogP contribution in [0.1, 0.15) is 13.8 Å². The van der Waals surface area contributed by atoms with Gasteiger partial charge in [-0.05, 0) is 5.92 Å². The van der Waals surface area contributed by atoms with E-state index in [4.69, 9.17) is 5.11 Å². The number of aliphatic carboxylic acids is 1. The van der Waals surface area contributed by atoms with Crippen molar-refractivity contribution >= 4 is 12.3 Å². The number of carboxylic acids is 1. The topological polar surface area (TPSA) is 66.4 Å². The van der Waals surface area contributed by atoms with Crippen LogP contribution in [-0.4, -0.2) is 29.9 Å². The van der Waals surface area contributed by atoms with Crippen LogP contribution in [0, 0.1) is 5.92 Å². The molecule has 64 valence electrons. The normalized spacial score (nSPS) is 13.0. The Bertz CT molecular complexity index is 145. The Morgan fingerprint density at radius 1 is 1.64 bits per heavy atom. The number of hydrogen-bond donors (Lipinski definition) is 2. The lowest BCUT2D eigenvalue weighted by Crippen LogP contribution is -2.41. The minimum absolute atomic E-state index is 0.00699. The third-order valence-corrected chi connectivity index (χ3v) is 1.35. The molecule has 0 bridgehead atoms. The van der Waals surface area contributed by atoms with Crippen LogP contribution in [0.2, 0.25) is 0 Å². The van der Waals surface area contributed by atoms with Gasteiger partial charge in [0.05, 0.1) is 6.54 Å². The average molecular weight is 159 g/mol. The molecule has 0 spiro atoms. The Labute approximate surface area is 65.6 Å². The van der Waals surface area contributed by atoms with Crippen LogP contribution in [0.3, 0.4) is 0 Å². The van der Waals surface area contributed by atoms with Crippen molar-refractivity contribution in [2.45, 2.75) is 19.9 Å². The van der Waals surface area contributed by atoms with Crippen LogP contribution in [-0.2, 0) is 9.59 Å². The summed E-state index contributed by atoms with van der Waals surface area (Å²) < 4.78 is 0. The van der Waals surface area contributed by atoms with E-state index in [1.165, 1.54) is 0 Å². The highest BCUT2D eigenvalue weighted by Crippen LogP contribution is 2.00. The largest absolute Gasteiger partial charge is 0.480 e. The number of rotatable bonds is 5. The van der Waals surface area contributed by atoms with Gasteiger partial charge in [-0.3, -0.25) is 10.1 Å². The number of aldehydes is 1. The molecule has 4 heteroatoms. The predicted molar refractivity (Wildman–Crippen MR) is 40.3 cm³/mol. The van der Waals surface area contributed by atoms with Crippen molar-refractivity contribution < 1.29 is 14.7 Å². The summed E-state index contributed by atoms with van der Waals surface area (Å²) in [5.74, 6) is -0.922. The maximum absolute atomic E-state index is 10.5. The van der Waals surface area contributed by atoms with Crippen molar-refractivity contribution in [1.29, 1.82) is 0 Å². The van der Waals surface area contributed by atoms with E-state index >= 15 is 0 Å². The summed E-state index contributed by atoms with van der Waals surface area (Å²) in [5, 5.41) is 11.2. The Balaban J connectivity index is 3.89. The molecule has 0 unspecified atom stereocenters. The minimum Gasteiger partial charge on any atom is -0.480 e. The molecule has 4 nitrogen and oxygen atoms in total. The number of hydrogen-bond acceptors (Lipinski definition) is 3. The summed E-state index contributed by atoms with van der Waals surface area (Å²) in [6.07, 6.45) is 0.651. The van der Waals surface area contributed by atoms with Crippen LogP contribution in [0.25, 0.3) is 0 Å². The standard InChI is InChI=1S/C7H13NO3/c1-5(2)6(7(10)11)8-3-4-9/h4-6,8H,3H2,1-2H3,(H,10,11)/t6-/m0/s1. The smallest absolute Gasteiger partial charge is 0.320 e. The summed E-state index contributed by atoms with van der Waals surface area (Å²) in [7, 11) is 0. The molecule has 11 heavy (non-hydrogen) atoms. The van der Waals surface area contributed by atoms with Crippen molar-refractivity contribution in [1.82, 2.24) is 5.32 Å². The maximum atomic E-state index is 10.5. The molecule has 0 aromatic carbocycles. The second kappa shape index (κ2) is 4.85. The van der Waals surface area contributed by atoms with E-state index in [-0.39, 0.29) is 12.5 Å². The Morgan fingerprint density at radius 3 is 2.45 bits per heavy atom. The van der Waals surface area contributed by atoms with Crippen molar-refractivity contribution in [3.05, 3.63) is 0 Å². The molecule has 0 aliphatic heterocycles. The molecule has 0 fully saturated rings. The predicted octanol–water partition coefficient (Wildman–Crippen LogP) is -0.116. The molecule has 2 N–H and O–H groups in total. The maximum Gasteiger partial charge on any atom is 0.320 e. The van der Waals surface area contributed by atoms with Crippen molar-refractivity contribution in [3.63, 3.8) is 0 Å². The molecule has 0 radical (unpaired) electrons. The molecule has 1 atom stereocenters. The molecule has 0 saturated carbocycles. The first-order chi connectivity index (χ1) is 5.09. The molecule has 0 saturated heterocycles. The molecule has 0 aromatic heterocycles. The molecule has 0 aliphatic carbocycles. The summed E-state index contributed by atoms with van der Waals surface area (Å²) in [5.41, 5.74) is 0. The van der Waals surface area contributed by atoms with E-state index in [9.17, 15) is 9.59 Å². The van der Waals surface area contributed by atoms with Crippen molar-refractivity contribution in [2.24, 2.45) is 5.92 Å². The van der Waals surface area contributed by atoms with Gasteiger partial charge in [-0.15, -0.1) is 0 Å². The summed E-state index contributed by atoms with van der Waals surface area (Å²) in [4.78, 5) is 20.4. The van der Waals surface area contributed by atoms with Crippen LogP contribution < -0.4 is 5.32 Å². The summed E-state index contributed by atoms with van der Waals surface area (Å²) in [6.45, 7) is 3.67. The highest BCUT2D eigenvalue weighted by atomic mass is 16.4. The zero-order valence-corrected chi connectivity index (χ0v) is 6.70. The third-order valence-electron chi connectivity index (χ3n) is 1.35. The van der Waals surface area contributed by atoms with Crippen molar-refractivity contribution in [3.8, 4) is 0 Å². The summed E-state index contributed by atoms with van der Waals surface area (Å²) in [6, 6.07) is -0.625. The van der Waals surface area contributed by atoms with E-state index in [1.54, 1.807) is 13.8 Å². The zero-order chi connectivity index (χ0) is 8.85. The Kier molecular flexibility index (Phi) is 4.45. The van der Waals surface area contributed by atoms with Gasteiger partial charge in [-0.2, -0.15) is 0 Å². The molecular formula is C7H13NO3. The lowest BCUT2D eigenvalue weighted by molar-refractivity contribution is -0.140. The monoisotopic (exact) mass is 159 g/mol. The molecule has 0 rings (SSSR count). The number of nitrogens with one attached hydrogen (secondary N) is 1. The molecule has 0 heterocycles. The first-order valence-corrected chi connectivity index (χ1v) is 3.49. The molecular weight excluding hydrogens is 146 g/mol. The van der Waals surface area contributed by atoms with Gasteiger partial charge in [0.1, 0.15) is 12.3 Å². The second-order valence-electron chi connectivity index (χ2n) is 2.63. The highest BCUT2D eigenvalue weighted by Gasteiger charge is 2.19. The van der Waals surface area contributed by atoms with Gasteiger partial charge in [-0.25, -0.2) is 0 Å². The fourth-order valence-corrected chi connectivity index (χ4v) is 0.783. The molecule has 0 aliphatic rings. The highest BCUT2D eigenvalue weighted by molar-refractivity contribution is 5.74. The fourth-order valence-electron chi connectivity index (χ4n) is 0.783. The average Bonchev–Trinajstić information content (AvgIpc) is 1.87. The van der Waals surface area contributed by atoms with Gasteiger partial charge in [0, 0.05) is 0 Å². The van der Waals surface area contributed by atoms with Crippen molar-refractivity contribution in [2.75, 3.05) is 6.54 Å². The lowest BCUT2D eigenvalue weighted by atomic mass is 10.1. The third kappa shape index (κ3) is 3.72. The van der Waals surface area contributed by atoms with E-state index in [2.05, 4.69) is 5.32 Å². The van der Waals surface area contributed by atoms with Gasteiger partial charge in [-0.1, -0.05) is 13.8 Å². The minimum atomic E-state index is -0.915. The van der Waals surface area contributed by atoms with Gasteiger partial charge < -0.3 is 9.90 Å². The van der Waals surface area contributed by atoms with Gasteiger partial charge in [0.15, 0.2) is 0 Å². The molecule has 0 amide bonds. The Hall–Kier alpha value is -0.900. The van der Waals surface area contributed by atoms with E-state index < -0.39 is 12.0 Å². The Morgan fingerprint density at radius 2 is 2.18 bits per heavy atom. The first-order valence-electron chi connectivity index (χ1n) is 3.49. The van der Waals surface area contributed by atoms with Crippen LogP contribution in [0.5, 0.6) is 0 Å². The lowest BCUT2D eigenvalue weighted by Gasteiger charge is -2.15. The quantitative estimate of drug-likeness (QED) is 0.549. The zero-order valence-electron chi connectivity index (χ0n) is 6.70. The van der Waals surface area contributed by atoms with Crippen LogP contribution in [0.15, 0.2) is 0 Å². The number of carbonyl (C=O) groups is 2. The van der Waals surface area contributed by atoms with Gasteiger partial charge in [0.2, 0.25) is 0 Å². The van der Waals surface area contributed by atoms with Gasteiger partial charge >= 0.3 is 5.97 Å². The number of carboxylic acid groups (broad SMARTS) is 1. The van der Waals surface area contributed by atoms with E-state index in [1.807, 2.05) is 0 Å². The van der Waals surface area contributed by atoms with Crippen LogP contribution in [0.4, 0.5) is 0 Å². The summed E-state index contributed by atoms with van der Waals surface area (Å²) >= 11 is 0. The fraction of sp³-hybridized carbons (Fsp3) is 0.714. The van der Waals surface area contributed by atoms with Crippen LogP contribution >= 0.6 is 0 Å². The first kappa shape index (κ1) is 10.1. The van der Waals surface area contributed by atoms with Gasteiger partial charge in [0.25, 0.3) is 0 Å². The SMILES string of the molecule is CC(C)[C@H](NCC=O)C(=O)O. The molecule has 0 aromatic rings.